The van der Waals surface area contributed by atoms with E-state index in [1.54, 1.807) is 20.0 Å². The van der Waals surface area contributed by atoms with Gasteiger partial charge in [-0.25, -0.2) is 19.6 Å². The number of thiophene rings is 1. The molecule has 0 atom stereocenters. The smallest absolute Gasteiger partial charge is 0.343 e. The second kappa shape index (κ2) is 5.03. The number of esters is 1. The molecule has 0 unspecified atom stereocenters. The zero-order chi connectivity index (χ0) is 13.1. The summed E-state index contributed by atoms with van der Waals surface area (Å²) in [5.74, 6) is -0.558. The van der Waals surface area contributed by atoms with Crippen molar-refractivity contribution in [1.29, 1.82) is 0 Å². The Morgan fingerprint density at radius 2 is 2.39 bits per heavy atom. The number of ether oxygens (including phenoxy) is 1. The van der Waals surface area contributed by atoms with E-state index in [-0.39, 0.29) is 17.2 Å². The van der Waals surface area contributed by atoms with Gasteiger partial charge in [-0.05, 0) is 13.8 Å². The van der Waals surface area contributed by atoms with Crippen molar-refractivity contribution in [3.63, 3.8) is 0 Å². The summed E-state index contributed by atoms with van der Waals surface area (Å²) in [4.78, 5) is 34.7. The Balaban J connectivity index is 2.71. The van der Waals surface area contributed by atoms with Crippen molar-refractivity contribution in [3.8, 4) is 0 Å². The molecule has 0 saturated carbocycles. The van der Waals surface area contributed by atoms with Crippen LogP contribution in [0.25, 0.3) is 10.3 Å². The lowest BCUT2D eigenvalue weighted by Gasteiger charge is -2.00. The van der Waals surface area contributed by atoms with Crippen LogP contribution < -0.4 is 0 Å². The topological polar surface area (TPSA) is 81.5 Å². The molecule has 2 rings (SSSR count). The summed E-state index contributed by atoms with van der Waals surface area (Å²) in [6.45, 7) is 3.70. The Hall–Kier alpha value is -2.11. The maximum Gasteiger partial charge on any atom is 0.343 e. The van der Waals surface area contributed by atoms with Gasteiger partial charge in [0.25, 0.3) is 0 Å². The fraction of sp³-hybridized carbons (Fsp3) is 0.273. The predicted octanol–water partition coefficient (Wildman–Crippen LogP) is 2.14. The summed E-state index contributed by atoms with van der Waals surface area (Å²) in [5.41, 5.74) is 1.26. The van der Waals surface area contributed by atoms with E-state index >= 15 is 0 Å². The highest BCUT2D eigenvalue weighted by atomic mass is 32.1. The minimum absolute atomic E-state index is 0.177. The zero-order valence-electron chi connectivity index (χ0n) is 9.76. The van der Waals surface area contributed by atoms with Crippen molar-refractivity contribution in [1.82, 2.24) is 9.97 Å². The molecule has 0 aliphatic heterocycles. The SMILES string of the molecule is CCOC(=O)c1c(N=C=O)sc2ncc(C)nc12. The fourth-order valence-electron chi connectivity index (χ4n) is 1.46. The second-order valence-corrected chi connectivity index (χ2v) is 4.35. The monoisotopic (exact) mass is 263 g/mol. The summed E-state index contributed by atoms with van der Waals surface area (Å²) in [5, 5.41) is 0.226. The van der Waals surface area contributed by atoms with E-state index in [0.717, 1.165) is 11.3 Å². The van der Waals surface area contributed by atoms with Gasteiger partial charge in [0.15, 0.2) is 0 Å². The Morgan fingerprint density at radius 3 is 3.06 bits per heavy atom. The first kappa shape index (κ1) is 12.3. The first-order chi connectivity index (χ1) is 8.67. The minimum Gasteiger partial charge on any atom is -0.462 e. The molecule has 2 aromatic heterocycles. The standard InChI is InChI=1S/C11H9N3O3S/c1-3-17-11(16)7-8-10(12-4-6(2)14-8)18-9(7)13-5-15/h4H,3H2,1-2H3. The third kappa shape index (κ3) is 2.13. The summed E-state index contributed by atoms with van der Waals surface area (Å²) in [6, 6.07) is 0. The molecule has 0 aliphatic carbocycles. The molecule has 0 saturated heterocycles. The summed E-state index contributed by atoms with van der Waals surface area (Å²) in [7, 11) is 0. The van der Waals surface area contributed by atoms with Gasteiger partial charge in [-0.15, -0.1) is 0 Å². The van der Waals surface area contributed by atoms with Gasteiger partial charge < -0.3 is 4.74 Å². The highest BCUT2D eigenvalue weighted by molar-refractivity contribution is 7.22. The number of aryl methyl sites for hydroxylation is 1. The van der Waals surface area contributed by atoms with Crippen molar-refractivity contribution in [2.24, 2.45) is 4.99 Å². The molecule has 0 aliphatic rings. The van der Waals surface area contributed by atoms with Crippen molar-refractivity contribution in [2.45, 2.75) is 13.8 Å². The van der Waals surface area contributed by atoms with E-state index in [4.69, 9.17) is 4.74 Å². The van der Waals surface area contributed by atoms with Crippen LogP contribution in [-0.2, 0) is 9.53 Å². The normalized spacial score (nSPS) is 10.1. The Morgan fingerprint density at radius 1 is 1.61 bits per heavy atom. The molecule has 0 fully saturated rings. The second-order valence-electron chi connectivity index (χ2n) is 3.37. The lowest BCUT2D eigenvalue weighted by molar-refractivity contribution is 0.0530. The number of carbonyl (C=O) groups is 1. The van der Waals surface area contributed by atoms with Gasteiger partial charge in [0.1, 0.15) is 20.9 Å². The number of carbonyl (C=O) groups excluding carboxylic acids is 2. The number of isocyanates is 1. The molecule has 2 aromatic rings. The van der Waals surface area contributed by atoms with Gasteiger partial charge in [-0.3, -0.25) is 0 Å². The van der Waals surface area contributed by atoms with Crippen molar-refractivity contribution < 1.29 is 14.3 Å². The summed E-state index contributed by atoms with van der Waals surface area (Å²) < 4.78 is 4.93. The van der Waals surface area contributed by atoms with Gasteiger partial charge in [-0.2, -0.15) is 4.99 Å². The van der Waals surface area contributed by atoms with Crippen LogP contribution >= 0.6 is 11.3 Å². The Kier molecular flexibility index (Phi) is 3.45. The molecule has 2 heterocycles. The lowest BCUT2D eigenvalue weighted by Crippen LogP contribution is -2.04. The number of fused-ring (bicyclic) bond motifs is 1. The first-order valence-corrected chi connectivity index (χ1v) is 6.00. The highest BCUT2D eigenvalue weighted by Gasteiger charge is 2.22. The molecule has 0 radical (unpaired) electrons. The maximum absolute atomic E-state index is 11.9. The van der Waals surface area contributed by atoms with E-state index < -0.39 is 5.97 Å². The average Bonchev–Trinajstić information content (AvgIpc) is 2.67. The van der Waals surface area contributed by atoms with Crippen LogP contribution in [0.5, 0.6) is 0 Å². The molecule has 0 N–H and O–H groups in total. The number of hydrogen-bond acceptors (Lipinski definition) is 7. The molecule has 92 valence electrons. The minimum atomic E-state index is -0.558. The van der Waals surface area contributed by atoms with Crippen LogP contribution in [0.4, 0.5) is 5.00 Å². The van der Waals surface area contributed by atoms with E-state index in [1.807, 2.05) is 0 Å². The van der Waals surface area contributed by atoms with Crippen LogP contribution in [0.2, 0.25) is 0 Å². The predicted molar refractivity (Wildman–Crippen MR) is 65.9 cm³/mol. The van der Waals surface area contributed by atoms with Crippen molar-refractivity contribution >= 4 is 38.7 Å². The maximum atomic E-state index is 11.9. The fourth-order valence-corrected chi connectivity index (χ4v) is 2.35. The van der Waals surface area contributed by atoms with E-state index in [9.17, 15) is 9.59 Å². The summed E-state index contributed by atoms with van der Waals surface area (Å²) >= 11 is 1.11. The van der Waals surface area contributed by atoms with Gasteiger partial charge in [0.05, 0.1) is 12.3 Å². The number of aliphatic imine (C=N–C) groups is 1. The molecule has 7 heteroatoms. The molecular weight excluding hydrogens is 254 g/mol. The molecule has 0 spiro atoms. The van der Waals surface area contributed by atoms with Crippen molar-refractivity contribution in [2.75, 3.05) is 6.61 Å². The molecule has 0 aromatic carbocycles. The zero-order valence-corrected chi connectivity index (χ0v) is 10.6. The third-order valence-electron chi connectivity index (χ3n) is 2.13. The summed E-state index contributed by atoms with van der Waals surface area (Å²) in [6.07, 6.45) is 3.00. The molecule has 0 amide bonds. The van der Waals surface area contributed by atoms with Crippen LogP contribution in [0, 0.1) is 6.92 Å². The van der Waals surface area contributed by atoms with Gasteiger partial charge in [-0.1, -0.05) is 11.3 Å². The molecule has 18 heavy (non-hydrogen) atoms. The van der Waals surface area contributed by atoms with Crippen LogP contribution in [-0.4, -0.2) is 28.6 Å². The van der Waals surface area contributed by atoms with Gasteiger partial charge in [0.2, 0.25) is 6.08 Å². The molecule has 6 nitrogen and oxygen atoms in total. The van der Waals surface area contributed by atoms with Crippen LogP contribution in [0.1, 0.15) is 23.0 Å². The number of nitrogens with zero attached hydrogens (tertiary/aromatic N) is 3. The highest BCUT2D eigenvalue weighted by Crippen LogP contribution is 2.35. The van der Waals surface area contributed by atoms with Crippen LogP contribution in [0.3, 0.4) is 0 Å². The van der Waals surface area contributed by atoms with Crippen molar-refractivity contribution in [3.05, 3.63) is 17.5 Å². The largest absolute Gasteiger partial charge is 0.462 e. The van der Waals surface area contributed by atoms with E-state index in [2.05, 4.69) is 15.0 Å². The quantitative estimate of drug-likeness (QED) is 0.481. The van der Waals surface area contributed by atoms with E-state index in [1.165, 1.54) is 6.08 Å². The van der Waals surface area contributed by atoms with Gasteiger partial charge in [0, 0.05) is 6.20 Å². The number of rotatable bonds is 3. The molecule has 0 bridgehead atoms. The third-order valence-corrected chi connectivity index (χ3v) is 3.11. The number of aromatic nitrogens is 2. The first-order valence-electron chi connectivity index (χ1n) is 5.18. The van der Waals surface area contributed by atoms with Gasteiger partial charge >= 0.3 is 5.97 Å². The Bertz CT molecular complexity index is 659. The van der Waals surface area contributed by atoms with E-state index in [0.29, 0.717) is 16.0 Å². The Labute approximate surface area is 106 Å². The lowest BCUT2D eigenvalue weighted by atomic mass is 10.3. The average molecular weight is 263 g/mol. The number of hydrogen-bond donors (Lipinski definition) is 0. The van der Waals surface area contributed by atoms with Crippen LogP contribution in [0.15, 0.2) is 11.2 Å². The molecular formula is C11H9N3O3S.